The van der Waals surface area contributed by atoms with Crippen molar-refractivity contribution in [3.8, 4) is 11.5 Å². The van der Waals surface area contributed by atoms with Gasteiger partial charge in [-0.25, -0.2) is 0 Å². The highest BCUT2D eigenvalue weighted by atomic mass is 35.5. The molecule has 1 aliphatic heterocycles. The van der Waals surface area contributed by atoms with Crippen LogP contribution in [0.1, 0.15) is 43.2 Å². The molecule has 0 spiro atoms. The number of benzene rings is 2. The molecule has 0 N–H and O–H groups in total. The van der Waals surface area contributed by atoms with Gasteiger partial charge in [0.05, 0.1) is 0 Å². The number of amides is 1. The van der Waals surface area contributed by atoms with Crippen LogP contribution in [0.15, 0.2) is 36.4 Å². The van der Waals surface area contributed by atoms with Gasteiger partial charge in [0, 0.05) is 29.1 Å². The third-order valence-corrected chi connectivity index (χ3v) is 6.33. The molecule has 0 atom stereocenters. The zero-order valence-electron chi connectivity index (χ0n) is 16.3. The number of carbonyl (C=O) groups excluding carboxylic acids is 1. The molecule has 1 amide bonds. The minimum Gasteiger partial charge on any atom is -0.454 e. The molecule has 6 heteroatoms. The van der Waals surface area contributed by atoms with E-state index in [0.717, 1.165) is 48.3 Å². The highest BCUT2D eigenvalue weighted by molar-refractivity contribution is 6.35. The summed E-state index contributed by atoms with van der Waals surface area (Å²) in [6.45, 7) is 1.42. The molecule has 0 bridgehead atoms. The Labute approximate surface area is 181 Å². The SMILES string of the molecule is O=C(C1CCCCC1)N(CCc1ccc(Cl)cc1Cl)Cc1ccc2c(c1)OCO2. The summed E-state index contributed by atoms with van der Waals surface area (Å²) in [6, 6.07) is 11.4. The Morgan fingerprint density at radius 3 is 2.59 bits per heavy atom. The zero-order valence-corrected chi connectivity index (χ0v) is 17.8. The van der Waals surface area contributed by atoms with Crippen molar-refractivity contribution in [2.45, 2.75) is 45.1 Å². The first-order valence-corrected chi connectivity index (χ1v) is 11.0. The molecule has 29 heavy (non-hydrogen) atoms. The van der Waals surface area contributed by atoms with Gasteiger partial charge in [0.2, 0.25) is 12.7 Å². The lowest BCUT2D eigenvalue weighted by Crippen LogP contribution is -2.38. The Hall–Kier alpha value is -1.91. The molecule has 4 rings (SSSR count). The molecular formula is C23H25Cl2NO3. The molecule has 1 fully saturated rings. The number of nitrogens with zero attached hydrogens (tertiary/aromatic N) is 1. The van der Waals surface area contributed by atoms with Crippen LogP contribution in [-0.2, 0) is 17.8 Å². The van der Waals surface area contributed by atoms with Gasteiger partial charge in [-0.15, -0.1) is 0 Å². The van der Waals surface area contributed by atoms with E-state index < -0.39 is 0 Å². The lowest BCUT2D eigenvalue weighted by atomic mass is 9.88. The van der Waals surface area contributed by atoms with E-state index in [4.69, 9.17) is 32.7 Å². The second-order valence-corrected chi connectivity index (χ2v) is 8.61. The quantitative estimate of drug-likeness (QED) is 0.571. The van der Waals surface area contributed by atoms with Crippen LogP contribution in [0, 0.1) is 5.92 Å². The molecule has 0 radical (unpaired) electrons. The minimum absolute atomic E-state index is 0.124. The van der Waals surface area contributed by atoms with Gasteiger partial charge in [-0.1, -0.05) is 54.6 Å². The van der Waals surface area contributed by atoms with Gasteiger partial charge in [-0.05, 0) is 54.7 Å². The topological polar surface area (TPSA) is 38.8 Å². The van der Waals surface area contributed by atoms with Crippen LogP contribution in [0.25, 0.3) is 0 Å². The molecule has 2 aromatic carbocycles. The van der Waals surface area contributed by atoms with E-state index in [9.17, 15) is 4.79 Å². The maximum atomic E-state index is 13.3. The summed E-state index contributed by atoms with van der Waals surface area (Å²) in [4.78, 5) is 15.3. The van der Waals surface area contributed by atoms with E-state index in [-0.39, 0.29) is 18.6 Å². The van der Waals surface area contributed by atoms with E-state index in [0.29, 0.717) is 29.6 Å². The van der Waals surface area contributed by atoms with Crippen LogP contribution < -0.4 is 9.47 Å². The fourth-order valence-corrected chi connectivity index (χ4v) is 4.62. The Bertz CT molecular complexity index is 880. The van der Waals surface area contributed by atoms with Gasteiger partial charge in [-0.2, -0.15) is 0 Å². The number of rotatable bonds is 6. The standard InChI is InChI=1S/C23H25Cl2NO3/c24-19-8-7-17(20(25)13-19)10-11-26(23(27)18-4-2-1-3-5-18)14-16-6-9-21-22(12-16)29-15-28-21/h6-9,12-13,18H,1-5,10-11,14-15H2. The second-order valence-electron chi connectivity index (χ2n) is 7.77. The van der Waals surface area contributed by atoms with Gasteiger partial charge in [0.25, 0.3) is 0 Å². The first-order chi connectivity index (χ1) is 14.1. The van der Waals surface area contributed by atoms with Crippen molar-refractivity contribution < 1.29 is 14.3 Å². The van der Waals surface area contributed by atoms with E-state index in [1.54, 1.807) is 6.07 Å². The first-order valence-electron chi connectivity index (χ1n) is 10.2. The normalized spacial score (nSPS) is 16.1. The number of ether oxygens (including phenoxy) is 2. The van der Waals surface area contributed by atoms with Crippen LogP contribution >= 0.6 is 23.2 Å². The number of hydrogen-bond donors (Lipinski definition) is 0. The molecule has 1 saturated carbocycles. The number of carbonyl (C=O) groups is 1. The second kappa shape index (κ2) is 9.27. The molecule has 4 nitrogen and oxygen atoms in total. The average molecular weight is 434 g/mol. The smallest absolute Gasteiger partial charge is 0.231 e. The lowest BCUT2D eigenvalue weighted by Gasteiger charge is -2.30. The van der Waals surface area contributed by atoms with E-state index in [2.05, 4.69) is 0 Å². The highest BCUT2D eigenvalue weighted by Crippen LogP contribution is 2.33. The fourth-order valence-electron chi connectivity index (χ4n) is 4.11. The Kier molecular flexibility index (Phi) is 6.51. The summed E-state index contributed by atoms with van der Waals surface area (Å²) in [5.41, 5.74) is 2.05. The first kappa shape index (κ1) is 20.4. The third-order valence-electron chi connectivity index (χ3n) is 5.74. The minimum atomic E-state index is 0.124. The molecular weight excluding hydrogens is 409 g/mol. The summed E-state index contributed by atoms with van der Waals surface area (Å²) in [7, 11) is 0. The van der Waals surface area contributed by atoms with Gasteiger partial charge < -0.3 is 14.4 Å². The van der Waals surface area contributed by atoms with Crippen molar-refractivity contribution in [3.63, 3.8) is 0 Å². The van der Waals surface area contributed by atoms with Gasteiger partial charge in [0.15, 0.2) is 11.5 Å². The maximum absolute atomic E-state index is 13.3. The molecule has 2 aliphatic rings. The van der Waals surface area contributed by atoms with Crippen LogP contribution in [-0.4, -0.2) is 24.1 Å². The number of hydrogen-bond acceptors (Lipinski definition) is 3. The van der Waals surface area contributed by atoms with E-state index in [1.165, 1.54) is 6.42 Å². The summed E-state index contributed by atoms with van der Waals surface area (Å²) in [5.74, 6) is 1.87. The van der Waals surface area contributed by atoms with Gasteiger partial charge in [-0.3, -0.25) is 4.79 Å². The molecule has 0 aromatic heterocycles. The molecule has 0 unspecified atom stereocenters. The summed E-state index contributed by atoms with van der Waals surface area (Å²) in [6.07, 6.45) is 6.16. The van der Waals surface area contributed by atoms with Crippen molar-refractivity contribution in [2.24, 2.45) is 5.92 Å². The van der Waals surface area contributed by atoms with Crippen molar-refractivity contribution in [1.29, 1.82) is 0 Å². The fraction of sp³-hybridized carbons (Fsp3) is 0.435. The van der Waals surface area contributed by atoms with Gasteiger partial charge >= 0.3 is 0 Å². The molecule has 1 aliphatic carbocycles. The summed E-state index contributed by atoms with van der Waals surface area (Å²) < 4.78 is 10.9. The summed E-state index contributed by atoms with van der Waals surface area (Å²) >= 11 is 12.4. The predicted octanol–water partition coefficient (Wildman–Crippen LogP) is 5.87. The third kappa shape index (κ3) is 4.99. The molecule has 0 saturated heterocycles. The lowest BCUT2D eigenvalue weighted by molar-refractivity contribution is -0.137. The Balaban J connectivity index is 1.50. The van der Waals surface area contributed by atoms with Crippen LogP contribution in [0.5, 0.6) is 11.5 Å². The number of halogens is 2. The van der Waals surface area contributed by atoms with Crippen LogP contribution in [0.4, 0.5) is 0 Å². The van der Waals surface area contributed by atoms with Crippen molar-refractivity contribution in [1.82, 2.24) is 4.90 Å². The van der Waals surface area contributed by atoms with Gasteiger partial charge in [0.1, 0.15) is 0 Å². The van der Waals surface area contributed by atoms with Crippen molar-refractivity contribution in [2.75, 3.05) is 13.3 Å². The maximum Gasteiger partial charge on any atom is 0.231 e. The van der Waals surface area contributed by atoms with Crippen LogP contribution in [0.2, 0.25) is 10.0 Å². The largest absolute Gasteiger partial charge is 0.454 e. The predicted molar refractivity (Wildman–Crippen MR) is 115 cm³/mol. The van der Waals surface area contributed by atoms with Crippen molar-refractivity contribution in [3.05, 3.63) is 57.6 Å². The highest BCUT2D eigenvalue weighted by Gasteiger charge is 2.26. The molecule has 1 heterocycles. The van der Waals surface area contributed by atoms with Crippen LogP contribution in [0.3, 0.4) is 0 Å². The zero-order chi connectivity index (χ0) is 20.2. The van der Waals surface area contributed by atoms with E-state index >= 15 is 0 Å². The number of fused-ring (bicyclic) bond motifs is 1. The average Bonchev–Trinajstić information content (AvgIpc) is 3.20. The molecule has 2 aromatic rings. The van der Waals surface area contributed by atoms with E-state index in [1.807, 2.05) is 35.2 Å². The summed E-state index contributed by atoms with van der Waals surface area (Å²) in [5, 5.41) is 1.26. The monoisotopic (exact) mass is 433 g/mol. The Morgan fingerprint density at radius 1 is 1.00 bits per heavy atom. The molecule has 154 valence electrons. The Morgan fingerprint density at radius 2 is 1.79 bits per heavy atom. The van der Waals surface area contributed by atoms with Crippen molar-refractivity contribution >= 4 is 29.1 Å².